The third kappa shape index (κ3) is 0.990. The molecule has 0 saturated carbocycles. The van der Waals surface area contributed by atoms with Gasteiger partial charge in [-0.2, -0.15) is 0 Å². The highest BCUT2D eigenvalue weighted by atomic mass is 31.0. The molecule has 2 rings (SSSR count). The van der Waals surface area contributed by atoms with Crippen LogP contribution in [0.15, 0.2) is 0 Å². The fraction of sp³-hybridized carbons (Fsp3) is 1.00. The smallest absolute Gasteiger partial charge is 0.0148 e. The molecule has 0 aliphatic carbocycles. The second kappa shape index (κ2) is 2.44. The fourth-order valence-corrected chi connectivity index (χ4v) is 2.80. The molecule has 10 heavy (non-hydrogen) atoms. The van der Waals surface area contributed by atoms with Crippen molar-refractivity contribution in [2.24, 2.45) is 5.73 Å². The van der Waals surface area contributed by atoms with Gasteiger partial charge in [0.05, 0.1) is 0 Å². The van der Waals surface area contributed by atoms with E-state index in [1.807, 2.05) is 0 Å². The van der Waals surface area contributed by atoms with Crippen molar-refractivity contribution in [3.05, 3.63) is 0 Å². The minimum absolute atomic E-state index is 0.481. The van der Waals surface area contributed by atoms with E-state index in [-0.39, 0.29) is 0 Å². The van der Waals surface area contributed by atoms with E-state index in [0.29, 0.717) is 6.04 Å². The van der Waals surface area contributed by atoms with Crippen LogP contribution in [0.2, 0.25) is 0 Å². The van der Waals surface area contributed by atoms with E-state index in [4.69, 9.17) is 5.73 Å². The van der Waals surface area contributed by atoms with Crippen LogP contribution in [0.3, 0.4) is 0 Å². The van der Waals surface area contributed by atoms with Crippen molar-refractivity contribution in [3.8, 4) is 0 Å². The largest absolute Gasteiger partial charge is 0.328 e. The molecule has 0 spiro atoms. The quantitative estimate of drug-likeness (QED) is 0.526. The van der Waals surface area contributed by atoms with Gasteiger partial charge >= 0.3 is 0 Å². The maximum Gasteiger partial charge on any atom is 0.0148 e. The van der Waals surface area contributed by atoms with Gasteiger partial charge < -0.3 is 5.73 Å². The van der Waals surface area contributed by atoms with E-state index in [0.717, 1.165) is 12.1 Å². The first-order valence-electron chi connectivity index (χ1n) is 4.06. The summed E-state index contributed by atoms with van der Waals surface area (Å²) in [5.74, 6) is 0. The Morgan fingerprint density at radius 2 is 1.70 bits per heavy atom. The zero-order valence-electron chi connectivity index (χ0n) is 6.16. The molecular weight excluding hydrogens is 143 g/mol. The molecule has 4 atom stereocenters. The normalized spacial score (nSPS) is 48.0. The molecule has 2 bridgehead atoms. The lowest BCUT2D eigenvalue weighted by Gasteiger charge is -2.34. The van der Waals surface area contributed by atoms with Crippen molar-refractivity contribution in [2.45, 2.75) is 43.8 Å². The summed E-state index contributed by atoms with van der Waals surface area (Å²) in [6.45, 7) is 0. The molecule has 58 valence electrons. The number of nitrogens with zero attached hydrogens (tertiary/aromatic N) is 1. The van der Waals surface area contributed by atoms with Crippen LogP contribution >= 0.6 is 9.39 Å². The van der Waals surface area contributed by atoms with Crippen LogP contribution in [-0.2, 0) is 0 Å². The van der Waals surface area contributed by atoms with Gasteiger partial charge in [0.25, 0.3) is 0 Å². The second-order valence-electron chi connectivity index (χ2n) is 3.56. The average Bonchev–Trinajstić information content (AvgIpc) is 2.20. The van der Waals surface area contributed by atoms with Gasteiger partial charge in [-0.3, -0.25) is 4.67 Å². The molecule has 2 nitrogen and oxygen atoms in total. The van der Waals surface area contributed by atoms with Crippen LogP contribution in [0.5, 0.6) is 0 Å². The summed E-state index contributed by atoms with van der Waals surface area (Å²) in [7, 11) is 2.84. The summed E-state index contributed by atoms with van der Waals surface area (Å²) in [6, 6.07) is 2.03. The number of piperidine rings is 1. The Hall–Kier alpha value is 0.350. The van der Waals surface area contributed by atoms with E-state index in [1.165, 1.54) is 25.7 Å². The first-order valence-corrected chi connectivity index (χ1v) is 4.57. The van der Waals surface area contributed by atoms with Crippen molar-refractivity contribution in [1.29, 1.82) is 0 Å². The minimum atomic E-state index is 0.481. The molecule has 0 radical (unpaired) electrons. The molecular formula is C7H15N2P. The predicted molar refractivity (Wildman–Crippen MR) is 45.6 cm³/mol. The molecule has 2 heterocycles. The van der Waals surface area contributed by atoms with Gasteiger partial charge in [-0.1, -0.05) is 9.39 Å². The Balaban J connectivity index is 2.09. The van der Waals surface area contributed by atoms with E-state index < -0.39 is 0 Å². The molecule has 0 amide bonds. The van der Waals surface area contributed by atoms with Crippen LogP contribution < -0.4 is 5.73 Å². The Morgan fingerprint density at radius 3 is 2.20 bits per heavy atom. The van der Waals surface area contributed by atoms with Gasteiger partial charge in [0.2, 0.25) is 0 Å². The summed E-state index contributed by atoms with van der Waals surface area (Å²) >= 11 is 0. The van der Waals surface area contributed by atoms with Gasteiger partial charge in [0.15, 0.2) is 0 Å². The molecule has 2 saturated heterocycles. The number of rotatable bonds is 0. The lowest BCUT2D eigenvalue weighted by molar-refractivity contribution is 0.245. The van der Waals surface area contributed by atoms with Crippen LogP contribution in [0.4, 0.5) is 0 Å². The summed E-state index contributed by atoms with van der Waals surface area (Å²) in [4.78, 5) is 0. The standard InChI is InChI=1S/C7H15N2P/c8-5-3-6-1-2-7(4-5)9(6)10/h5-7H,1-4,8,10H2/t5-,6-,7+. The highest BCUT2D eigenvalue weighted by Gasteiger charge is 2.36. The maximum absolute atomic E-state index is 5.88. The highest BCUT2D eigenvalue weighted by molar-refractivity contribution is 7.13. The molecule has 1 unspecified atom stereocenters. The van der Waals surface area contributed by atoms with Crippen LogP contribution in [0, 0.1) is 0 Å². The van der Waals surface area contributed by atoms with Crippen LogP contribution in [-0.4, -0.2) is 22.8 Å². The van der Waals surface area contributed by atoms with Crippen molar-refractivity contribution < 1.29 is 0 Å². The summed E-state index contributed by atoms with van der Waals surface area (Å²) in [5, 5.41) is 0. The summed E-state index contributed by atoms with van der Waals surface area (Å²) < 4.78 is 2.43. The summed E-state index contributed by atoms with van der Waals surface area (Å²) in [6.07, 6.45) is 5.14. The first-order chi connectivity index (χ1) is 4.77. The monoisotopic (exact) mass is 158 g/mol. The van der Waals surface area contributed by atoms with Crippen molar-refractivity contribution in [2.75, 3.05) is 0 Å². The van der Waals surface area contributed by atoms with Gasteiger partial charge in [0, 0.05) is 18.1 Å². The number of hydrogen-bond donors (Lipinski definition) is 1. The molecule has 2 fully saturated rings. The SMILES string of the molecule is N[C@@H]1C[C@H]2CC[C@@H](C1)N2P. The average molecular weight is 158 g/mol. The van der Waals surface area contributed by atoms with E-state index >= 15 is 0 Å². The number of nitrogens with two attached hydrogens (primary N) is 1. The topological polar surface area (TPSA) is 29.3 Å². The maximum atomic E-state index is 5.88. The van der Waals surface area contributed by atoms with Gasteiger partial charge in [-0.25, -0.2) is 0 Å². The first kappa shape index (κ1) is 7.02. The third-order valence-electron chi connectivity index (χ3n) is 2.83. The van der Waals surface area contributed by atoms with Crippen LogP contribution in [0.25, 0.3) is 0 Å². The predicted octanol–water partition coefficient (Wildman–Crippen LogP) is 0.731. The zero-order chi connectivity index (χ0) is 7.14. The Bertz CT molecular complexity index is 126. The van der Waals surface area contributed by atoms with Crippen molar-refractivity contribution in [3.63, 3.8) is 0 Å². The Morgan fingerprint density at radius 1 is 1.20 bits per heavy atom. The van der Waals surface area contributed by atoms with E-state index in [1.54, 1.807) is 0 Å². The van der Waals surface area contributed by atoms with Crippen molar-refractivity contribution in [1.82, 2.24) is 4.67 Å². The van der Waals surface area contributed by atoms with Gasteiger partial charge in [-0.15, -0.1) is 0 Å². The van der Waals surface area contributed by atoms with Gasteiger partial charge in [0.1, 0.15) is 0 Å². The highest BCUT2D eigenvalue weighted by Crippen LogP contribution is 2.37. The van der Waals surface area contributed by atoms with E-state index in [9.17, 15) is 0 Å². The van der Waals surface area contributed by atoms with E-state index in [2.05, 4.69) is 14.1 Å². The lowest BCUT2D eigenvalue weighted by Crippen LogP contribution is -2.42. The summed E-state index contributed by atoms with van der Waals surface area (Å²) in [5.41, 5.74) is 5.88. The second-order valence-corrected chi connectivity index (χ2v) is 4.16. The number of hydrogen-bond acceptors (Lipinski definition) is 2. The fourth-order valence-electron chi connectivity index (χ4n) is 2.26. The van der Waals surface area contributed by atoms with Gasteiger partial charge in [-0.05, 0) is 25.7 Å². The molecule has 0 aromatic carbocycles. The van der Waals surface area contributed by atoms with Crippen LogP contribution in [0.1, 0.15) is 25.7 Å². The minimum Gasteiger partial charge on any atom is -0.328 e. The lowest BCUT2D eigenvalue weighted by atomic mass is 10.0. The zero-order valence-corrected chi connectivity index (χ0v) is 7.32. The molecule has 3 heteroatoms. The third-order valence-corrected chi connectivity index (χ3v) is 3.67. The molecule has 2 N–H and O–H groups in total. The Labute approximate surface area is 64.4 Å². The Kier molecular flexibility index (Phi) is 1.71. The molecule has 0 aromatic rings. The molecule has 2 aliphatic rings. The number of fused-ring (bicyclic) bond motifs is 2. The van der Waals surface area contributed by atoms with Crippen molar-refractivity contribution >= 4 is 9.39 Å². The molecule has 2 aliphatic heterocycles. The molecule has 0 aromatic heterocycles.